The minimum Gasteiger partial charge on any atom is -0.152 e. The van der Waals surface area contributed by atoms with Gasteiger partial charge in [-0.05, 0) is 10.8 Å². The maximum Gasteiger partial charge on any atom is -0.00934 e. The van der Waals surface area contributed by atoms with Gasteiger partial charge in [0.1, 0.15) is 0 Å². The van der Waals surface area contributed by atoms with Gasteiger partial charge in [0.25, 0.3) is 0 Å². The van der Waals surface area contributed by atoms with Crippen LogP contribution in [-0.2, 0) is 19.8 Å². The van der Waals surface area contributed by atoms with Crippen LogP contribution in [0.2, 0.25) is 0 Å². The minimum atomic E-state index is 1.17. The van der Waals surface area contributed by atoms with Gasteiger partial charge in [-0.25, -0.2) is 0 Å². The van der Waals surface area contributed by atoms with Crippen LogP contribution in [0.5, 0.6) is 0 Å². The third-order valence-electron chi connectivity index (χ3n) is 1.16. The van der Waals surface area contributed by atoms with Crippen LogP contribution in [0.3, 0.4) is 0 Å². The molecular formula is C9H9MoS. The second kappa shape index (κ2) is 5.51. The average molecular weight is 245 g/mol. The smallest absolute Gasteiger partial charge is 0.00934 e. The molecule has 57 valence electrons. The molecule has 0 bridgehead atoms. The summed E-state index contributed by atoms with van der Waals surface area (Å²) in [5, 5.41) is 4.08. The van der Waals surface area contributed by atoms with E-state index in [0.29, 0.717) is 0 Å². The Kier molecular flexibility index (Phi) is 4.49. The molecule has 0 spiro atoms. The first kappa shape index (κ1) is 8.96. The third-order valence-corrected chi connectivity index (χ3v) is 2.54. The van der Waals surface area contributed by atoms with E-state index in [2.05, 4.69) is 38.0 Å². The molecule has 1 aliphatic carbocycles. The van der Waals surface area contributed by atoms with E-state index < -0.39 is 0 Å². The van der Waals surface area contributed by atoms with Crippen molar-refractivity contribution in [3.8, 4) is 0 Å². The van der Waals surface area contributed by atoms with E-state index in [4.69, 9.17) is 0 Å². The largest absolute Gasteiger partial charge is 0.152 e. The SMILES string of the molecule is [Mo][C]1=CC=CC1.c1ccsc1. The average Bonchev–Trinajstić information content (AvgIpc) is 2.57. The van der Waals surface area contributed by atoms with Crippen LogP contribution < -0.4 is 0 Å². The molecule has 1 aromatic rings. The Hall–Kier alpha value is -0.132. The predicted molar refractivity (Wildman–Crippen MR) is 46.2 cm³/mol. The zero-order chi connectivity index (χ0) is 7.94. The molecule has 0 saturated carbocycles. The van der Waals surface area contributed by atoms with Gasteiger partial charge in [-0.3, -0.25) is 0 Å². The Morgan fingerprint density at radius 2 is 2.00 bits per heavy atom. The van der Waals surface area contributed by atoms with Gasteiger partial charge in [0.2, 0.25) is 0 Å². The van der Waals surface area contributed by atoms with Gasteiger partial charge in [0, 0.05) is 0 Å². The molecule has 0 amide bonds. The fourth-order valence-corrected chi connectivity index (χ4v) is 1.54. The number of hydrogen-bond donors (Lipinski definition) is 0. The molecule has 11 heavy (non-hydrogen) atoms. The van der Waals surface area contributed by atoms with Crippen LogP contribution >= 0.6 is 11.3 Å². The van der Waals surface area contributed by atoms with Crippen LogP contribution in [0.1, 0.15) is 6.42 Å². The van der Waals surface area contributed by atoms with Crippen LogP contribution in [0, 0.1) is 0 Å². The maximum atomic E-state index is 2.16. The molecule has 0 atom stereocenters. The quantitative estimate of drug-likeness (QED) is 0.616. The third kappa shape index (κ3) is 4.34. The van der Waals surface area contributed by atoms with Crippen molar-refractivity contribution in [1.29, 1.82) is 0 Å². The molecule has 0 fully saturated rings. The molecule has 2 rings (SSSR count). The van der Waals surface area contributed by atoms with Crippen molar-refractivity contribution in [2.75, 3.05) is 0 Å². The van der Waals surface area contributed by atoms with Gasteiger partial charge in [-0.15, -0.1) is 0 Å². The summed E-state index contributed by atoms with van der Waals surface area (Å²) in [5.74, 6) is 0. The monoisotopic (exact) mass is 247 g/mol. The van der Waals surface area contributed by atoms with Crippen molar-refractivity contribution < 1.29 is 19.8 Å². The van der Waals surface area contributed by atoms with Crippen LogP contribution in [0.25, 0.3) is 0 Å². The van der Waals surface area contributed by atoms with E-state index in [1.54, 1.807) is 11.3 Å². The molecule has 0 unspecified atom stereocenters. The van der Waals surface area contributed by atoms with Crippen molar-refractivity contribution in [1.82, 2.24) is 0 Å². The number of allylic oxidation sites excluding steroid dienone is 4. The minimum absolute atomic E-state index is 1.17. The van der Waals surface area contributed by atoms with Gasteiger partial charge in [-0.1, -0.05) is 12.1 Å². The molecular weight excluding hydrogens is 236 g/mol. The molecule has 1 heterocycles. The number of hydrogen-bond acceptors (Lipinski definition) is 1. The molecule has 0 aliphatic heterocycles. The van der Waals surface area contributed by atoms with E-state index in [0.717, 1.165) is 0 Å². The zero-order valence-electron chi connectivity index (χ0n) is 6.07. The van der Waals surface area contributed by atoms with Crippen LogP contribution in [0.4, 0.5) is 0 Å². The van der Waals surface area contributed by atoms with Crippen molar-refractivity contribution in [2.45, 2.75) is 6.42 Å². The molecule has 0 aromatic carbocycles. The van der Waals surface area contributed by atoms with Crippen LogP contribution in [-0.4, -0.2) is 0 Å². The molecule has 2 heteroatoms. The predicted octanol–water partition coefficient (Wildman–Crippen LogP) is 3.13. The number of rotatable bonds is 0. The summed E-state index contributed by atoms with van der Waals surface area (Å²) in [4.78, 5) is 0. The maximum absolute atomic E-state index is 2.16. The van der Waals surface area contributed by atoms with E-state index in [-0.39, 0.29) is 0 Å². The first-order chi connectivity index (χ1) is 5.39. The van der Waals surface area contributed by atoms with Crippen molar-refractivity contribution in [3.63, 3.8) is 0 Å². The first-order valence-corrected chi connectivity index (χ1v) is 5.34. The summed E-state index contributed by atoms with van der Waals surface area (Å²) in [7, 11) is 0. The fraction of sp³-hybridized carbons (Fsp3) is 0.111. The summed E-state index contributed by atoms with van der Waals surface area (Å²) >= 11 is 3.79. The first-order valence-electron chi connectivity index (χ1n) is 3.39. The molecule has 0 saturated heterocycles. The van der Waals surface area contributed by atoms with E-state index >= 15 is 0 Å². The van der Waals surface area contributed by atoms with Crippen LogP contribution in [0.15, 0.2) is 45.1 Å². The molecule has 0 nitrogen and oxygen atoms in total. The van der Waals surface area contributed by atoms with Gasteiger partial charge < -0.3 is 0 Å². The Labute approximate surface area is 82.5 Å². The van der Waals surface area contributed by atoms with Gasteiger partial charge in [-0.2, -0.15) is 11.3 Å². The Morgan fingerprint density at radius 3 is 2.18 bits per heavy atom. The van der Waals surface area contributed by atoms with E-state index in [9.17, 15) is 0 Å². The summed E-state index contributed by atoms with van der Waals surface area (Å²) in [6.07, 6.45) is 7.57. The Morgan fingerprint density at radius 1 is 1.27 bits per heavy atom. The molecule has 1 aliphatic rings. The molecule has 1 aromatic heterocycles. The standard InChI is InChI=1S/C5H5.C4H4S.Mo/c2*1-2-4-5-3-1;/h1-3H,4H2;1-4H;. The van der Waals surface area contributed by atoms with Gasteiger partial charge in [0.05, 0.1) is 0 Å². The summed E-state index contributed by atoms with van der Waals surface area (Å²) < 4.78 is 1.48. The zero-order valence-corrected chi connectivity index (χ0v) is 8.89. The Bertz CT molecular complexity index is 217. The Balaban J connectivity index is 0.000000112. The molecule has 0 radical (unpaired) electrons. The summed E-state index contributed by atoms with van der Waals surface area (Å²) in [6.45, 7) is 0. The second-order valence-electron chi connectivity index (χ2n) is 2.06. The van der Waals surface area contributed by atoms with Crippen molar-refractivity contribution in [2.24, 2.45) is 0 Å². The van der Waals surface area contributed by atoms with Crippen molar-refractivity contribution >= 4 is 11.3 Å². The topological polar surface area (TPSA) is 0 Å². The van der Waals surface area contributed by atoms with Gasteiger partial charge >= 0.3 is 48.4 Å². The number of thiophene rings is 1. The van der Waals surface area contributed by atoms with E-state index in [1.807, 2.05) is 22.9 Å². The van der Waals surface area contributed by atoms with Crippen molar-refractivity contribution in [3.05, 3.63) is 45.1 Å². The normalized spacial score (nSPS) is 13.6. The van der Waals surface area contributed by atoms with E-state index in [1.165, 1.54) is 10.4 Å². The molecule has 0 N–H and O–H groups in total. The second-order valence-corrected chi connectivity index (χ2v) is 4.16. The summed E-state index contributed by atoms with van der Waals surface area (Å²) in [5.41, 5.74) is 0. The van der Waals surface area contributed by atoms with Gasteiger partial charge in [0.15, 0.2) is 0 Å². The fourth-order valence-electron chi connectivity index (χ4n) is 0.654. The summed E-state index contributed by atoms with van der Waals surface area (Å²) in [6, 6.07) is 4.04.